The van der Waals surface area contributed by atoms with E-state index in [2.05, 4.69) is 50.4 Å². The number of rotatable bonds is 4. The molecule has 1 saturated carbocycles. The molecule has 0 spiro atoms. The van der Waals surface area contributed by atoms with Crippen LogP contribution in [0.2, 0.25) is 0 Å². The van der Waals surface area contributed by atoms with Crippen molar-refractivity contribution in [1.29, 1.82) is 0 Å². The Kier molecular flexibility index (Phi) is 4.54. The molecule has 1 aliphatic heterocycles. The van der Waals surface area contributed by atoms with Crippen molar-refractivity contribution in [1.82, 2.24) is 25.1 Å². The van der Waals surface area contributed by atoms with E-state index in [0.717, 1.165) is 25.2 Å². The summed E-state index contributed by atoms with van der Waals surface area (Å²) in [4.78, 5) is 4.87. The molecule has 2 fully saturated rings. The van der Waals surface area contributed by atoms with Crippen LogP contribution >= 0.6 is 0 Å². The van der Waals surface area contributed by atoms with Gasteiger partial charge in [-0.05, 0) is 25.8 Å². The molecular weight excluding hydrogens is 334 g/mol. The first-order valence-electron chi connectivity index (χ1n) is 10.3. The van der Waals surface area contributed by atoms with Crippen LogP contribution in [0.5, 0.6) is 0 Å². The van der Waals surface area contributed by atoms with Gasteiger partial charge >= 0.3 is 0 Å². The lowest BCUT2D eigenvalue weighted by Gasteiger charge is -2.23. The van der Waals surface area contributed by atoms with Gasteiger partial charge in [0.15, 0.2) is 0 Å². The number of hydrogen-bond donors (Lipinski definition) is 2. The minimum Gasteiger partial charge on any atom is -0.326 e. The number of nitrogens with zero attached hydrogens (tertiary/aromatic N) is 3. The standard InChI is InChI=1S/C22H27N5/c1-3-7-16(8-4-1)20-19(14-25-26-20)22-21(17-9-5-2-6-10-17)24-15-27(22)18-11-12-23-13-18/h2,5-6,9-10,14-16,18,23H,1,3-4,7-8,11-13H2,(H,25,26)/t18-/m1/s1. The first-order valence-corrected chi connectivity index (χ1v) is 10.3. The summed E-state index contributed by atoms with van der Waals surface area (Å²) in [6.45, 7) is 2.08. The van der Waals surface area contributed by atoms with E-state index in [1.165, 1.54) is 54.6 Å². The van der Waals surface area contributed by atoms with Gasteiger partial charge in [-0.3, -0.25) is 5.10 Å². The van der Waals surface area contributed by atoms with Crippen molar-refractivity contribution in [2.24, 2.45) is 0 Å². The van der Waals surface area contributed by atoms with Crippen LogP contribution in [-0.4, -0.2) is 32.8 Å². The smallest absolute Gasteiger partial charge is 0.0964 e. The maximum absolute atomic E-state index is 4.87. The fourth-order valence-corrected chi connectivity index (χ4v) is 4.78. The van der Waals surface area contributed by atoms with Crippen molar-refractivity contribution in [3.05, 3.63) is 48.5 Å². The van der Waals surface area contributed by atoms with Gasteiger partial charge in [-0.15, -0.1) is 0 Å². The Morgan fingerprint density at radius 3 is 2.63 bits per heavy atom. The summed E-state index contributed by atoms with van der Waals surface area (Å²) >= 11 is 0. The molecule has 3 heterocycles. The highest BCUT2D eigenvalue weighted by atomic mass is 15.2. The molecular formula is C22H27N5. The van der Waals surface area contributed by atoms with Gasteiger partial charge in [0.25, 0.3) is 0 Å². The van der Waals surface area contributed by atoms with Crippen LogP contribution in [0.4, 0.5) is 0 Å². The third-order valence-corrected chi connectivity index (χ3v) is 6.21. The van der Waals surface area contributed by atoms with Crippen molar-refractivity contribution < 1.29 is 0 Å². The molecule has 27 heavy (non-hydrogen) atoms. The van der Waals surface area contributed by atoms with E-state index in [1.807, 2.05) is 12.5 Å². The van der Waals surface area contributed by atoms with Gasteiger partial charge in [0.05, 0.1) is 23.9 Å². The van der Waals surface area contributed by atoms with Gasteiger partial charge in [-0.2, -0.15) is 5.10 Å². The minimum absolute atomic E-state index is 0.457. The summed E-state index contributed by atoms with van der Waals surface area (Å²) in [5, 5.41) is 11.3. The molecule has 1 saturated heterocycles. The van der Waals surface area contributed by atoms with Crippen molar-refractivity contribution >= 4 is 0 Å². The largest absolute Gasteiger partial charge is 0.326 e. The fraction of sp³-hybridized carbons (Fsp3) is 0.455. The molecule has 2 N–H and O–H groups in total. The molecule has 1 atom stereocenters. The van der Waals surface area contributed by atoms with Gasteiger partial charge in [-0.1, -0.05) is 49.6 Å². The van der Waals surface area contributed by atoms with Crippen LogP contribution in [0.15, 0.2) is 42.9 Å². The first-order chi connectivity index (χ1) is 13.4. The summed E-state index contributed by atoms with van der Waals surface area (Å²) in [6.07, 6.45) is 11.7. The quantitative estimate of drug-likeness (QED) is 0.718. The van der Waals surface area contributed by atoms with Crippen LogP contribution in [0, 0.1) is 0 Å². The highest BCUT2D eigenvalue weighted by molar-refractivity contribution is 5.79. The second-order valence-corrected chi connectivity index (χ2v) is 7.89. The molecule has 140 valence electrons. The topological polar surface area (TPSA) is 58.5 Å². The second kappa shape index (κ2) is 7.31. The van der Waals surface area contributed by atoms with Crippen molar-refractivity contribution in [2.75, 3.05) is 13.1 Å². The lowest BCUT2D eigenvalue weighted by atomic mass is 9.85. The normalized spacial score (nSPS) is 21.0. The molecule has 1 aromatic carbocycles. The van der Waals surface area contributed by atoms with E-state index in [4.69, 9.17) is 4.98 Å². The average Bonchev–Trinajstić information content (AvgIpc) is 3.48. The maximum Gasteiger partial charge on any atom is 0.0964 e. The molecule has 0 unspecified atom stereocenters. The maximum atomic E-state index is 4.87. The van der Waals surface area contributed by atoms with Crippen LogP contribution in [0.25, 0.3) is 22.5 Å². The summed E-state index contributed by atoms with van der Waals surface area (Å²) in [6, 6.07) is 11.0. The van der Waals surface area contributed by atoms with Gasteiger partial charge in [-0.25, -0.2) is 4.98 Å². The Morgan fingerprint density at radius 2 is 1.85 bits per heavy atom. The van der Waals surface area contributed by atoms with Gasteiger partial charge in [0.2, 0.25) is 0 Å². The number of hydrogen-bond acceptors (Lipinski definition) is 3. The molecule has 0 radical (unpaired) electrons. The second-order valence-electron chi connectivity index (χ2n) is 7.89. The summed E-state index contributed by atoms with van der Waals surface area (Å²) in [5.41, 5.74) is 6.02. The number of nitrogens with one attached hydrogen (secondary N) is 2. The van der Waals surface area contributed by atoms with Gasteiger partial charge in [0, 0.05) is 35.3 Å². The third-order valence-electron chi connectivity index (χ3n) is 6.21. The lowest BCUT2D eigenvalue weighted by molar-refractivity contribution is 0.436. The number of H-pyrrole nitrogens is 1. The molecule has 5 heteroatoms. The van der Waals surface area contributed by atoms with Gasteiger partial charge in [0.1, 0.15) is 0 Å². The van der Waals surface area contributed by atoms with Crippen LogP contribution < -0.4 is 5.32 Å². The van der Waals surface area contributed by atoms with E-state index in [9.17, 15) is 0 Å². The molecule has 5 rings (SSSR count). The Hall–Kier alpha value is -2.40. The first kappa shape index (κ1) is 16.8. The summed E-state index contributed by atoms with van der Waals surface area (Å²) < 4.78 is 2.39. The monoisotopic (exact) mass is 361 g/mol. The summed E-state index contributed by atoms with van der Waals surface area (Å²) in [5.74, 6) is 0.588. The molecule has 1 aliphatic carbocycles. The van der Waals surface area contributed by atoms with Gasteiger partial charge < -0.3 is 9.88 Å². The predicted octanol–water partition coefficient (Wildman–Crippen LogP) is 4.52. The number of aromatic nitrogens is 4. The van der Waals surface area contributed by atoms with Crippen LogP contribution in [0.1, 0.15) is 56.2 Å². The van der Waals surface area contributed by atoms with Crippen molar-refractivity contribution in [3.63, 3.8) is 0 Å². The number of imidazole rings is 1. The highest BCUT2D eigenvalue weighted by Gasteiger charge is 2.28. The molecule has 0 bridgehead atoms. The lowest BCUT2D eigenvalue weighted by Crippen LogP contribution is -2.14. The Morgan fingerprint density at radius 1 is 1.00 bits per heavy atom. The average molecular weight is 361 g/mol. The van der Waals surface area contributed by atoms with E-state index in [0.29, 0.717) is 12.0 Å². The molecule has 2 aromatic heterocycles. The molecule has 3 aromatic rings. The van der Waals surface area contributed by atoms with Crippen LogP contribution in [0.3, 0.4) is 0 Å². The van der Waals surface area contributed by atoms with Crippen LogP contribution in [-0.2, 0) is 0 Å². The minimum atomic E-state index is 0.457. The third kappa shape index (κ3) is 3.10. The zero-order valence-electron chi connectivity index (χ0n) is 15.7. The Labute approximate surface area is 160 Å². The molecule has 0 amide bonds. The van der Waals surface area contributed by atoms with E-state index in [-0.39, 0.29) is 0 Å². The van der Waals surface area contributed by atoms with Crippen molar-refractivity contribution in [2.45, 2.75) is 50.5 Å². The van der Waals surface area contributed by atoms with E-state index >= 15 is 0 Å². The number of benzene rings is 1. The van der Waals surface area contributed by atoms with Crippen molar-refractivity contribution in [3.8, 4) is 22.5 Å². The highest BCUT2D eigenvalue weighted by Crippen LogP contribution is 2.41. The predicted molar refractivity (Wildman–Crippen MR) is 108 cm³/mol. The Bertz CT molecular complexity index is 883. The Balaban J connectivity index is 1.64. The fourth-order valence-electron chi connectivity index (χ4n) is 4.78. The number of aromatic amines is 1. The van der Waals surface area contributed by atoms with E-state index < -0.39 is 0 Å². The SMILES string of the molecule is c1ccc(-c2ncn([C@@H]3CCNC3)c2-c2cn[nH]c2C2CCCCC2)cc1. The zero-order valence-corrected chi connectivity index (χ0v) is 15.7. The summed E-state index contributed by atoms with van der Waals surface area (Å²) in [7, 11) is 0. The molecule has 5 nitrogen and oxygen atoms in total. The van der Waals surface area contributed by atoms with E-state index in [1.54, 1.807) is 0 Å². The zero-order chi connectivity index (χ0) is 18.1. The molecule has 2 aliphatic rings.